The van der Waals surface area contributed by atoms with Crippen LogP contribution in [0.15, 0.2) is 42.1 Å². The molecular weight excluding hydrogens is 322 g/mol. The molecule has 0 aliphatic rings. The SMILES string of the molecule is CCOC(=O)/C=C(/C)N[C@@H](C(=O)OC(=O)C(C)(C)C)c1ccccc1. The summed E-state index contributed by atoms with van der Waals surface area (Å²) in [5, 5.41) is 2.91. The third-order valence-corrected chi connectivity index (χ3v) is 3.17. The molecule has 0 unspecified atom stereocenters. The zero-order valence-corrected chi connectivity index (χ0v) is 15.3. The Bertz CT molecular complexity index is 644. The van der Waals surface area contributed by atoms with E-state index in [9.17, 15) is 14.4 Å². The summed E-state index contributed by atoms with van der Waals surface area (Å²) in [4.78, 5) is 36.0. The lowest BCUT2D eigenvalue weighted by Gasteiger charge is -2.21. The van der Waals surface area contributed by atoms with Gasteiger partial charge in [0.05, 0.1) is 12.0 Å². The largest absolute Gasteiger partial charge is 0.463 e. The van der Waals surface area contributed by atoms with Gasteiger partial charge in [-0.3, -0.25) is 4.79 Å². The number of allylic oxidation sites excluding steroid dienone is 1. The molecule has 1 aromatic rings. The van der Waals surface area contributed by atoms with Gasteiger partial charge >= 0.3 is 17.9 Å². The van der Waals surface area contributed by atoms with Crippen molar-refractivity contribution >= 4 is 17.9 Å². The Labute approximate surface area is 148 Å². The second-order valence-electron chi connectivity index (χ2n) is 6.53. The highest BCUT2D eigenvalue weighted by Crippen LogP contribution is 2.20. The van der Waals surface area contributed by atoms with Crippen LogP contribution in [-0.4, -0.2) is 24.5 Å². The van der Waals surface area contributed by atoms with Gasteiger partial charge in [0.15, 0.2) is 6.04 Å². The monoisotopic (exact) mass is 347 g/mol. The number of benzene rings is 1. The molecule has 1 N–H and O–H groups in total. The molecule has 0 amide bonds. The van der Waals surface area contributed by atoms with Crippen LogP contribution >= 0.6 is 0 Å². The molecule has 6 nitrogen and oxygen atoms in total. The third kappa shape index (κ3) is 6.79. The Morgan fingerprint density at radius 1 is 1.16 bits per heavy atom. The molecule has 1 aromatic carbocycles. The fourth-order valence-corrected chi connectivity index (χ4v) is 1.86. The van der Waals surface area contributed by atoms with Crippen LogP contribution in [0.4, 0.5) is 0 Å². The van der Waals surface area contributed by atoms with Crippen LogP contribution in [-0.2, 0) is 23.9 Å². The Hall–Kier alpha value is -2.63. The van der Waals surface area contributed by atoms with Crippen molar-refractivity contribution in [1.29, 1.82) is 0 Å². The maximum Gasteiger partial charge on any atom is 0.340 e. The van der Waals surface area contributed by atoms with Crippen LogP contribution < -0.4 is 5.32 Å². The highest BCUT2D eigenvalue weighted by Gasteiger charge is 2.30. The fraction of sp³-hybridized carbons (Fsp3) is 0.421. The number of esters is 3. The van der Waals surface area contributed by atoms with Gasteiger partial charge in [0, 0.05) is 11.8 Å². The second kappa shape index (κ2) is 9.01. The summed E-state index contributed by atoms with van der Waals surface area (Å²) >= 11 is 0. The zero-order valence-electron chi connectivity index (χ0n) is 15.3. The van der Waals surface area contributed by atoms with Gasteiger partial charge < -0.3 is 14.8 Å². The second-order valence-corrected chi connectivity index (χ2v) is 6.53. The third-order valence-electron chi connectivity index (χ3n) is 3.17. The van der Waals surface area contributed by atoms with Crippen molar-refractivity contribution in [3.05, 3.63) is 47.7 Å². The topological polar surface area (TPSA) is 81.7 Å². The van der Waals surface area contributed by atoms with Crippen molar-refractivity contribution in [2.24, 2.45) is 5.41 Å². The average Bonchev–Trinajstić information content (AvgIpc) is 2.52. The first kappa shape index (κ1) is 20.4. The van der Waals surface area contributed by atoms with Crippen molar-refractivity contribution in [3.63, 3.8) is 0 Å². The molecule has 0 fully saturated rings. The van der Waals surface area contributed by atoms with Gasteiger partial charge in [0.25, 0.3) is 0 Å². The van der Waals surface area contributed by atoms with Crippen LogP contribution in [0.25, 0.3) is 0 Å². The van der Waals surface area contributed by atoms with Gasteiger partial charge in [0.2, 0.25) is 0 Å². The minimum absolute atomic E-state index is 0.257. The minimum atomic E-state index is -0.918. The van der Waals surface area contributed by atoms with Crippen LogP contribution in [0.2, 0.25) is 0 Å². The molecule has 6 heteroatoms. The lowest BCUT2D eigenvalue weighted by atomic mass is 9.97. The summed E-state index contributed by atoms with van der Waals surface area (Å²) in [6.07, 6.45) is 1.25. The molecule has 0 saturated heterocycles. The van der Waals surface area contributed by atoms with Gasteiger partial charge in [-0.2, -0.15) is 0 Å². The van der Waals surface area contributed by atoms with Crippen molar-refractivity contribution < 1.29 is 23.9 Å². The van der Waals surface area contributed by atoms with E-state index < -0.39 is 29.4 Å². The van der Waals surface area contributed by atoms with E-state index in [-0.39, 0.29) is 6.61 Å². The molecule has 0 spiro atoms. The van der Waals surface area contributed by atoms with Gasteiger partial charge in [-0.15, -0.1) is 0 Å². The van der Waals surface area contributed by atoms with E-state index in [1.807, 2.05) is 6.07 Å². The predicted molar refractivity (Wildman–Crippen MR) is 93.3 cm³/mol. The summed E-state index contributed by atoms with van der Waals surface area (Å²) in [7, 11) is 0. The number of rotatable bonds is 6. The van der Waals surface area contributed by atoms with E-state index in [0.29, 0.717) is 11.3 Å². The number of nitrogens with one attached hydrogen (secondary N) is 1. The van der Waals surface area contributed by atoms with E-state index in [4.69, 9.17) is 9.47 Å². The lowest BCUT2D eigenvalue weighted by Crippen LogP contribution is -2.34. The average molecular weight is 347 g/mol. The van der Waals surface area contributed by atoms with E-state index in [1.54, 1.807) is 58.9 Å². The molecule has 1 atom stereocenters. The molecule has 0 heterocycles. The standard InChI is InChI=1S/C19H25NO5/c1-6-24-15(21)12-13(2)20-16(14-10-8-7-9-11-14)17(22)25-18(23)19(3,4)5/h7-12,16,20H,6H2,1-5H3/b13-12-/t16-/m1/s1. The predicted octanol–water partition coefficient (Wildman–Crippen LogP) is 2.90. The first-order valence-corrected chi connectivity index (χ1v) is 8.07. The molecule has 25 heavy (non-hydrogen) atoms. The van der Waals surface area contributed by atoms with Crippen LogP contribution in [0, 0.1) is 5.41 Å². The normalized spacial score (nSPS) is 12.9. The van der Waals surface area contributed by atoms with E-state index in [1.165, 1.54) is 6.08 Å². The van der Waals surface area contributed by atoms with E-state index >= 15 is 0 Å². The molecule has 0 aromatic heterocycles. The highest BCUT2D eigenvalue weighted by atomic mass is 16.6. The number of carbonyl (C=O) groups excluding carboxylic acids is 3. The zero-order chi connectivity index (χ0) is 19.0. The van der Waals surface area contributed by atoms with Gasteiger partial charge in [-0.05, 0) is 40.2 Å². The molecule has 0 radical (unpaired) electrons. The van der Waals surface area contributed by atoms with Gasteiger partial charge in [-0.25, -0.2) is 9.59 Å². The molecule has 0 bridgehead atoms. The lowest BCUT2D eigenvalue weighted by molar-refractivity contribution is -0.167. The molecular formula is C19H25NO5. The first-order chi connectivity index (χ1) is 11.6. The first-order valence-electron chi connectivity index (χ1n) is 8.07. The van der Waals surface area contributed by atoms with Gasteiger partial charge in [0.1, 0.15) is 0 Å². The maximum absolute atomic E-state index is 12.5. The number of carbonyl (C=O) groups is 3. The molecule has 1 rings (SSSR count). The Morgan fingerprint density at radius 2 is 1.76 bits per heavy atom. The summed E-state index contributed by atoms with van der Waals surface area (Å²) in [6, 6.07) is 7.91. The van der Waals surface area contributed by atoms with E-state index in [2.05, 4.69) is 5.32 Å². The summed E-state index contributed by atoms with van der Waals surface area (Å²) in [5.41, 5.74) is 0.241. The number of hydrogen-bond donors (Lipinski definition) is 1. The van der Waals surface area contributed by atoms with Crippen molar-refractivity contribution in [2.45, 2.75) is 40.7 Å². The summed E-state index contributed by atoms with van der Waals surface area (Å²) < 4.78 is 9.84. The van der Waals surface area contributed by atoms with E-state index in [0.717, 1.165) is 0 Å². The molecule has 0 saturated carbocycles. The van der Waals surface area contributed by atoms with Crippen LogP contribution in [0.5, 0.6) is 0 Å². The highest BCUT2D eigenvalue weighted by molar-refractivity contribution is 5.91. The van der Waals surface area contributed by atoms with Crippen molar-refractivity contribution in [1.82, 2.24) is 5.32 Å². The Kier molecular flexibility index (Phi) is 7.36. The van der Waals surface area contributed by atoms with Crippen LogP contribution in [0.3, 0.4) is 0 Å². The van der Waals surface area contributed by atoms with Crippen molar-refractivity contribution in [3.8, 4) is 0 Å². The smallest absolute Gasteiger partial charge is 0.340 e. The summed E-state index contributed by atoms with van der Waals surface area (Å²) in [5.74, 6) is -1.87. The van der Waals surface area contributed by atoms with Crippen molar-refractivity contribution in [2.75, 3.05) is 6.61 Å². The fourth-order valence-electron chi connectivity index (χ4n) is 1.86. The quantitative estimate of drug-likeness (QED) is 0.484. The molecule has 0 aliphatic carbocycles. The Balaban J connectivity index is 3.00. The van der Waals surface area contributed by atoms with Crippen LogP contribution in [0.1, 0.15) is 46.2 Å². The molecule has 136 valence electrons. The minimum Gasteiger partial charge on any atom is -0.463 e. The van der Waals surface area contributed by atoms with Gasteiger partial charge in [-0.1, -0.05) is 30.3 Å². The molecule has 0 aliphatic heterocycles. The number of hydrogen-bond acceptors (Lipinski definition) is 6. The number of ether oxygens (including phenoxy) is 2. The maximum atomic E-state index is 12.5. The summed E-state index contributed by atoms with van der Waals surface area (Å²) in [6.45, 7) is 8.59. The Morgan fingerprint density at radius 3 is 2.28 bits per heavy atom.